The summed E-state index contributed by atoms with van der Waals surface area (Å²) in [7, 11) is 0. The highest BCUT2D eigenvalue weighted by Crippen LogP contribution is 2.10. The summed E-state index contributed by atoms with van der Waals surface area (Å²) < 4.78 is 17.9. The largest absolute Gasteiger partial charge is 0.484 e. The fraction of sp³-hybridized carbons (Fsp3) is 0.176. The summed E-state index contributed by atoms with van der Waals surface area (Å²) >= 11 is 0. The first-order valence-corrected chi connectivity index (χ1v) is 7.02. The fourth-order valence-corrected chi connectivity index (χ4v) is 1.89. The van der Waals surface area contributed by atoms with Gasteiger partial charge in [-0.05, 0) is 48.4 Å². The van der Waals surface area contributed by atoms with E-state index >= 15 is 0 Å². The summed E-state index contributed by atoms with van der Waals surface area (Å²) in [6.45, 7) is 0.265. The fourth-order valence-electron chi connectivity index (χ4n) is 1.89. The Kier molecular flexibility index (Phi) is 5.68. The Balaban J connectivity index is 1.70. The van der Waals surface area contributed by atoms with Crippen LogP contribution >= 0.6 is 0 Å². The number of carboxylic acid groups (broad SMARTS) is 1. The molecule has 0 fully saturated rings. The Morgan fingerprint density at radius 3 is 2.30 bits per heavy atom. The van der Waals surface area contributed by atoms with Gasteiger partial charge in [0, 0.05) is 6.54 Å². The molecule has 0 aliphatic rings. The van der Waals surface area contributed by atoms with Crippen LogP contribution in [0.4, 0.5) is 4.39 Å². The lowest BCUT2D eigenvalue weighted by atomic mass is 10.1. The van der Waals surface area contributed by atoms with E-state index in [-0.39, 0.29) is 23.9 Å². The third kappa shape index (κ3) is 5.43. The van der Waals surface area contributed by atoms with Crippen molar-refractivity contribution < 1.29 is 23.8 Å². The van der Waals surface area contributed by atoms with Crippen molar-refractivity contribution in [1.82, 2.24) is 5.32 Å². The average Bonchev–Trinajstić information content (AvgIpc) is 2.55. The number of hydrogen-bond acceptors (Lipinski definition) is 3. The van der Waals surface area contributed by atoms with Crippen LogP contribution < -0.4 is 10.1 Å². The summed E-state index contributed by atoms with van der Waals surface area (Å²) in [5.74, 6) is -1.19. The Hall–Kier alpha value is -2.89. The van der Waals surface area contributed by atoms with E-state index in [1.54, 1.807) is 12.1 Å². The molecule has 0 aromatic heterocycles. The Bertz CT molecular complexity index is 668. The van der Waals surface area contributed by atoms with Gasteiger partial charge in [0.15, 0.2) is 6.61 Å². The van der Waals surface area contributed by atoms with Gasteiger partial charge in [-0.2, -0.15) is 0 Å². The second-order valence-electron chi connectivity index (χ2n) is 4.84. The predicted molar refractivity (Wildman–Crippen MR) is 82.0 cm³/mol. The predicted octanol–water partition coefficient (Wildman–Crippen LogP) is 2.26. The smallest absolute Gasteiger partial charge is 0.335 e. The van der Waals surface area contributed by atoms with Crippen LogP contribution in [0.5, 0.6) is 5.75 Å². The van der Waals surface area contributed by atoms with Crippen molar-refractivity contribution in [2.24, 2.45) is 0 Å². The first kappa shape index (κ1) is 16.5. The van der Waals surface area contributed by atoms with Gasteiger partial charge in [0.2, 0.25) is 0 Å². The molecule has 2 aromatic rings. The molecule has 0 bridgehead atoms. The van der Waals surface area contributed by atoms with E-state index in [0.29, 0.717) is 18.7 Å². The molecule has 0 heterocycles. The van der Waals surface area contributed by atoms with Crippen molar-refractivity contribution in [3.05, 3.63) is 65.5 Å². The van der Waals surface area contributed by atoms with Gasteiger partial charge >= 0.3 is 5.97 Å². The van der Waals surface area contributed by atoms with Crippen LogP contribution in [0.2, 0.25) is 0 Å². The van der Waals surface area contributed by atoms with Crippen LogP contribution in [-0.4, -0.2) is 30.1 Å². The van der Waals surface area contributed by atoms with E-state index in [4.69, 9.17) is 9.84 Å². The lowest BCUT2D eigenvalue weighted by Gasteiger charge is -2.07. The minimum atomic E-state index is -0.970. The first-order valence-electron chi connectivity index (χ1n) is 7.02. The zero-order valence-corrected chi connectivity index (χ0v) is 12.3. The van der Waals surface area contributed by atoms with Gasteiger partial charge in [0.05, 0.1) is 5.56 Å². The third-order valence-electron chi connectivity index (χ3n) is 3.12. The van der Waals surface area contributed by atoms with E-state index in [1.807, 2.05) is 0 Å². The average molecular weight is 317 g/mol. The van der Waals surface area contributed by atoms with Crippen LogP contribution in [0.25, 0.3) is 0 Å². The number of rotatable bonds is 7. The summed E-state index contributed by atoms with van der Waals surface area (Å²) in [4.78, 5) is 22.4. The van der Waals surface area contributed by atoms with E-state index in [0.717, 1.165) is 5.56 Å². The maximum absolute atomic E-state index is 12.7. The standard InChI is InChI=1S/C17H16FNO4/c18-14-5-7-15(8-6-14)23-11-16(20)19-10-9-12-1-3-13(4-2-12)17(21)22/h1-8H,9-11H2,(H,19,20)(H,21,22). The van der Waals surface area contributed by atoms with Gasteiger partial charge < -0.3 is 15.2 Å². The molecule has 2 aromatic carbocycles. The van der Waals surface area contributed by atoms with Gasteiger partial charge in [0.25, 0.3) is 5.91 Å². The highest BCUT2D eigenvalue weighted by atomic mass is 19.1. The monoisotopic (exact) mass is 317 g/mol. The van der Waals surface area contributed by atoms with Crippen LogP contribution in [-0.2, 0) is 11.2 Å². The minimum absolute atomic E-state index is 0.149. The zero-order chi connectivity index (χ0) is 16.7. The molecule has 0 saturated heterocycles. The zero-order valence-electron chi connectivity index (χ0n) is 12.3. The lowest BCUT2D eigenvalue weighted by Crippen LogP contribution is -2.30. The maximum Gasteiger partial charge on any atom is 0.335 e. The lowest BCUT2D eigenvalue weighted by molar-refractivity contribution is -0.123. The number of halogens is 1. The molecule has 120 valence electrons. The number of ether oxygens (including phenoxy) is 1. The Morgan fingerprint density at radius 2 is 1.70 bits per heavy atom. The van der Waals surface area contributed by atoms with E-state index in [1.165, 1.54) is 36.4 Å². The quantitative estimate of drug-likeness (QED) is 0.821. The molecule has 0 aliphatic carbocycles. The topological polar surface area (TPSA) is 75.6 Å². The number of carboxylic acids is 1. The first-order chi connectivity index (χ1) is 11.0. The van der Waals surface area contributed by atoms with Crippen molar-refractivity contribution in [3.8, 4) is 5.75 Å². The number of benzene rings is 2. The van der Waals surface area contributed by atoms with Gasteiger partial charge in [-0.15, -0.1) is 0 Å². The number of nitrogens with one attached hydrogen (secondary N) is 1. The summed E-state index contributed by atoms with van der Waals surface area (Å²) in [6, 6.07) is 11.9. The van der Waals surface area contributed by atoms with Gasteiger partial charge in [-0.25, -0.2) is 9.18 Å². The summed E-state index contributed by atoms with van der Waals surface area (Å²) in [5.41, 5.74) is 1.15. The molecule has 6 heteroatoms. The molecule has 0 radical (unpaired) electrons. The molecule has 1 amide bonds. The molecular formula is C17H16FNO4. The second kappa shape index (κ2) is 7.93. The normalized spacial score (nSPS) is 10.1. The molecule has 0 unspecified atom stereocenters. The summed E-state index contributed by atoms with van der Waals surface area (Å²) in [6.07, 6.45) is 0.586. The van der Waals surface area contributed by atoms with Gasteiger partial charge in [-0.3, -0.25) is 4.79 Å². The van der Waals surface area contributed by atoms with Crippen molar-refractivity contribution in [3.63, 3.8) is 0 Å². The Labute approximate surface area is 132 Å². The highest BCUT2D eigenvalue weighted by Gasteiger charge is 2.04. The summed E-state index contributed by atoms with van der Waals surface area (Å²) in [5, 5.41) is 11.5. The number of carbonyl (C=O) groups excluding carboxylic acids is 1. The number of hydrogen-bond donors (Lipinski definition) is 2. The number of carbonyl (C=O) groups is 2. The minimum Gasteiger partial charge on any atom is -0.484 e. The third-order valence-corrected chi connectivity index (χ3v) is 3.12. The number of aromatic carboxylic acids is 1. The molecular weight excluding hydrogens is 301 g/mol. The molecule has 0 aliphatic heterocycles. The van der Waals surface area contributed by atoms with Crippen molar-refractivity contribution >= 4 is 11.9 Å². The van der Waals surface area contributed by atoms with Crippen LogP contribution in [0, 0.1) is 5.82 Å². The van der Waals surface area contributed by atoms with Crippen LogP contribution in [0.1, 0.15) is 15.9 Å². The molecule has 5 nitrogen and oxygen atoms in total. The molecule has 23 heavy (non-hydrogen) atoms. The Morgan fingerprint density at radius 1 is 1.04 bits per heavy atom. The highest BCUT2D eigenvalue weighted by molar-refractivity contribution is 5.87. The molecule has 2 rings (SSSR count). The second-order valence-corrected chi connectivity index (χ2v) is 4.84. The van der Waals surface area contributed by atoms with Crippen LogP contribution in [0.15, 0.2) is 48.5 Å². The SMILES string of the molecule is O=C(COc1ccc(F)cc1)NCCc1ccc(C(=O)O)cc1. The van der Waals surface area contributed by atoms with E-state index in [2.05, 4.69) is 5.32 Å². The van der Waals surface area contributed by atoms with Gasteiger partial charge in [-0.1, -0.05) is 12.1 Å². The number of amides is 1. The maximum atomic E-state index is 12.7. The van der Waals surface area contributed by atoms with Crippen LogP contribution in [0.3, 0.4) is 0 Å². The van der Waals surface area contributed by atoms with Gasteiger partial charge in [0.1, 0.15) is 11.6 Å². The van der Waals surface area contributed by atoms with E-state index < -0.39 is 5.97 Å². The van der Waals surface area contributed by atoms with Crippen molar-refractivity contribution in [2.75, 3.05) is 13.2 Å². The van der Waals surface area contributed by atoms with Crippen molar-refractivity contribution in [1.29, 1.82) is 0 Å². The molecule has 2 N–H and O–H groups in total. The molecule has 0 saturated carbocycles. The van der Waals surface area contributed by atoms with E-state index in [9.17, 15) is 14.0 Å². The molecule has 0 atom stereocenters. The molecule has 0 spiro atoms. The van der Waals surface area contributed by atoms with Crippen molar-refractivity contribution in [2.45, 2.75) is 6.42 Å².